The van der Waals surface area contributed by atoms with E-state index in [1.807, 2.05) is 4.90 Å². The van der Waals surface area contributed by atoms with Crippen molar-refractivity contribution in [2.24, 2.45) is 5.10 Å². The molecule has 0 unspecified atom stereocenters. The van der Waals surface area contributed by atoms with E-state index in [4.69, 9.17) is 44.3 Å². The van der Waals surface area contributed by atoms with Crippen molar-refractivity contribution >= 4 is 52.7 Å². The zero-order chi connectivity index (χ0) is 23.3. The molecule has 7 nitrogen and oxygen atoms in total. The Balaban J connectivity index is 1.63. The number of anilines is 1. The second-order valence-corrected chi connectivity index (χ2v) is 8.76. The minimum absolute atomic E-state index is 0.0207. The highest BCUT2D eigenvalue weighted by Crippen LogP contribution is 2.30. The number of hydrazone groups is 1. The van der Waals surface area contributed by atoms with Crippen molar-refractivity contribution in [2.45, 2.75) is 45.2 Å². The van der Waals surface area contributed by atoms with Crippen molar-refractivity contribution in [1.82, 2.24) is 9.88 Å². The minimum atomic E-state index is -0.0402. The summed E-state index contributed by atoms with van der Waals surface area (Å²) in [6.07, 6.45) is 4.75. The predicted molar refractivity (Wildman–Crippen MR) is 129 cm³/mol. The molecule has 1 amide bonds. The van der Waals surface area contributed by atoms with Gasteiger partial charge in [-0.2, -0.15) is 5.10 Å². The molecule has 10 heteroatoms. The third-order valence-electron chi connectivity index (χ3n) is 5.29. The topological polar surface area (TPSA) is 76.0 Å². The van der Waals surface area contributed by atoms with Gasteiger partial charge in [0.2, 0.25) is 0 Å². The Labute approximate surface area is 202 Å². The maximum atomic E-state index is 12.7. The largest absolute Gasteiger partial charge is 0.493 e. The first-order chi connectivity index (χ1) is 15.3. The predicted octanol–water partition coefficient (Wildman–Crippen LogP) is 5.66. The number of amides is 1. The molecule has 2 aromatic rings. The number of carbonyl (C=O) groups is 1. The van der Waals surface area contributed by atoms with Gasteiger partial charge in [-0.15, -0.1) is 0 Å². The molecule has 1 aliphatic rings. The van der Waals surface area contributed by atoms with Crippen molar-refractivity contribution < 1.29 is 14.3 Å². The molecule has 32 heavy (non-hydrogen) atoms. The molecule has 172 valence electrons. The number of pyridine rings is 1. The van der Waals surface area contributed by atoms with Crippen molar-refractivity contribution in [3.63, 3.8) is 0 Å². The number of nitrogens with one attached hydrogen (secondary N) is 1. The van der Waals surface area contributed by atoms with Gasteiger partial charge in [-0.1, -0.05) is 34.8 Å². The average Bonchev–Trinajstić information content (AvgIpc) is 2.76. The van der Waals surface area contributed by atoms with Crippen LogP contribution < -0.4 is 14.9 Å². The molecular formula is C22H25Cl3N4O3. The molecule has 1 aromatic carbocycles. The Morgan fingerprint density at radius 2 is 1.91 bits per heavy atom. The van der Waals surface area contributed by atoms with Crippen LogP contribution in [0.5, 0.6) is 11.5 Å². The number of halogens is 3. The molecule has 0 radical (unpaired) electrons. The first-order valence-corrected chi connectivity index (χ1v) is 11.4. The van der Waals surface area contributed by atoms with Gasteiger partial charge in [0.1, 0.15) is 5.15 Å². The van der Waals surface area contributed by atoms with Gasteiger partial charge in [-0.25, -0.2) is 4.98 Å². The monoisotopic (exact) mass is 498 g/mol. The highest BCUT2D eigenvalue weighted by molar-refractivity contribution is 6.42. The van der Waals surface area contributed by atoms with Crippen LogP contribution in [0.2, 0.25) is 15.2 Å². The molecule has 1 saturated heterocycles. The lowest BCUT2D eigenvalue weighted by Crippen LogP contribution is -2.49. The van der Waals surface area contributed by atoms with Crippen LogP contribution in [0.3, 0.4) is 0 Å². The maximum Gasteiger partial charge on any atom is 0.260 e. The van der Waals surface area contributed by atoms with Crippen LogP contribution in [0.4, 0.5) is 5.82 Å². The molecule has 0 spiro atoms. The van der Waals surface area contributed by atoms with Gasteiger partial charge in [0.15, 0.2) is 23.9 Å². The number of ether oxygens (including phenoxy) is 2. The fourth-order valence-corrected chi connectivity index (χ4v) is 4.24. The summed E-state index contributed by atoms with van der Waals surface area (Å²) in [5.74, 6) is 1.24. The molecular weight excluding hydrogens is 475 g/mol. The first-order valence-electron chi connectivity index (χ1n) is 10.2. The maximum absolute atomic E-state index is 12.7. The summed E-state index contributed by atoms with van der Waals surface area (Å²) >= 11 is 17.9. The number of aromatic nitrogens is 1. The minimum Gasteiger partial charge on any atom is -0.493 e. The molecule has 1 N–H and O–H groups in total. The molecule has 1 fully saturated rings. The number of piperidine rings is 1. The van der Waals surface area contributed by atoms with E-state index < -0.39 is 0 Å². The standard InChI is InChI=1S/C22H25Cl3N4O3/c1-13-5-4-6-14(2)29(13)20(30)12-32-18-8-7-15(9-19(18)31-3)11-26-28-22-17(24)10-16(23)21(25)27-22/h7-11,13-14H,4-6,12H2,1-3H3,(H,27,28)/b26-11-/t13-,14-/m0/s1. The van der Waals surface area contributed by atoms with Gasteiger partial charge in [0.05, 0.1) is 23.4 Å². The van der Waals surface area contributed by atoms with Gasteiger partial charge in [-0.05, 0) is 62.9 Å². The van der Waals surface area contributed by atoms with E-state index in [1.54, 1.807) is 24.4 Å². The fourth-order valence-electron chi connectivity index (χ4n) is 3.70. The van der Waals surface area contributed by atoms with Crippen molar-refractivity contribution in [2.75, 3.05) is 19.1 Å². The Kier molecular flexibility index (Phi) is 8.45. The van der Waals surface area contributed by atoms with E-state index in [0.29, 0.717) is 16.5 Å². The lowest BCUT2D eigenvalue weighted by atomic mass is 9.97. The van der Waals surface area contributed by atoms with Crippen LogP contribution in [-0.2, 0) is 4.79 Å². The zero-order valence-electron chi connectivity index (χ0n) is 18.1. The van der Waals surface area contributed by atoms with E-state index >= 15 is 0 Å². The lowest BCUT2D eigenvalue weighted by Gasteiger charge is -2.39. The van der Waals surface area contributed by atoms with E-state index in [2.05, 4.69) is 29.4 Å². The van der Waals surface area contributed by atoms with Crippen LogP contribution in [0, 0.1) is 0 Å². The summed E-state index contributed by atoms with van der Waals surface area (Å²) in [6, 6.07) is 7.21. The van der Waals surface area contributed by atoms with Crippen LogP contribution in [0.15, 0.2) is 29.4 Å². The number of hydrogen-bond donors (Lipinski definition) is 1. The number of rotatable bonds is 7. The van der Waals surface area contributed by atoms with E-state index in [-0.39, 0.29) is 40.6 Å². The first kappa shape index (κ1) is 24.4. The second kappa shape index (κ2) is 11.1. The zero-order valence-corrected chi connectivity index (χ0v) is 20.3. The van der Waals surface area contributed by atoms with Crippen molar-refractivity contribution in [3.05, 3.63) is 45.0 Å². The smallest absolute Gasteiger partial charge is 0.260 e. The van der Waals surface area contributed by atoms with Crippen LogP contribution in [0.1, 0.15) is 38.7 Å². The molecule has 1 aromatic heterocycles. The summed E-state index contributed by atoms with van der Waals surface area (Å²) in [7, 11) is 1.54. The number of carbonyl (C=O) groups excluding carboxylic acids is 1. The molecule has 0 saturated carbocycles. The van der Waals surface area contributed by atoms with Crippen molar-refractivity contribution in [3.8, 4) is 11.5 Å². The molecule has 1 aliphatic heterocycles. The van der Waals surface area contributed by atoms with Gasteiger partial charge >= 0.3 is 0 Å². The Bertz CT molecular complexity index is 993. The average molecular weight is 500 g/mol. The van der Waals surface area contributed by atoms with E-state index in [0.717, 1.165) is 24.8 Å². The summed E-state index contributed by atoms with van der Waals surface area (Å²) < 4.78 is 11.2. The molecule has 0 bridgehead atoms. The van der Waals surface area contributed by atoms with E-state index in [9.17, 15) is 4.79 Å². The van der Waals surface area contributed by atoms with Crippen LogP contribution in [-0.4, -0.2) is 47.8 Å². The second-order valence-electron chi connectivity index (χ2n) is 7.59. The Hall–Kier alpha value is -2.22. The normalized spacial score (nSPS) is 18.6. The third kappa shape index (κ3) is 5.97. The fraction of sp³-hybridized carbons (Fsp3) is 0.409. The molecule has 3 rings (SSSR count). The summed E-state index contributed by atoms with van der Waals surface area (Å²) in [6.45, 7) is 4.12. The third-order valence-corrected chi connectivity index (χ3v) is 6.25. The van der Waals surface area contributed by atoms with Crippen LogP contribution >= 0.6 is 34.8 Å². The number of likely N-dealkylation sites (tertiary alicyclic amines) is 1. The van der Waals surface area contributed by atoms with E-state index in [1.165, 1.54) is 13.2 Å². The Morgan fingerprint density at radius 3 is 2.59 bits per heavy atom. The molecule has 0 aliphatic carbocycles. The molecule has 2 atom stereocenters. The van der Waals surface area contributed by atoms with Gasteiger partial charge in [0, 0.05) is 12.1 Å². The highest BCUT2D eigenvalue weighted by Gasteiger charge is 2.29. The summed E-state index contributed by atoms with van der Waals surface area (Å²) in [5.41, 5.74) is 3.47. The van der Waals surface area contributed by atoms with Crippen LogP contribution in [0.25, 0.3) is 0 Å². The summed E-state index contributed by atoms with van der Waals surface area (Å²) in [4.78, 5) is 18.7. The van der Waals surface area contributed by atoms with Crippen molar-refractivity contribution in [1.29, 1.82) is 0 Å². The molecule has 2 heterocycles. The Morgan fingerprint density at radius 1 is 1.19 bits per heavy atom. The number of hydrogen-bond acceptors (Lipinski definition) is 6. The lowest BCUT2D eigenvalue weighted by molar-refractivity contribution is -0.139. The number of benzene rings is 1. The summed E-state index contributed by atoms with van der Waals surface area (Å²) in [5, 5.41) is 4.79. The van der Waals surface area contributed by atoms with Gasteiger partial charge in [-0.3, -0.25) is 10.2 Å². The SMILES string of the molecule is COc1cc(/C=N\Nc2nc(Cl)c(Cl)cc2Cl)ccc1OCC(=O)N1[C@@H](C)CCC[C@@H]1C. The van der Waals surface area contributed by atoms with Gasteiger partial charge < -0.3 is 14.4 Å². The number of nitrogens with zero attached hydrogens (tertiary/aromatic N) is 3. The quantitative estimate of drug-likeness (QED) is 0.302. The van der Waals surface area contributed by atoms with Gasteiger partial charge in [0.25, 0.3) is 5.91 Å². The highest BCUT2D eigenvalue weighted by atomic mass is 35.5. The number of methoxy groups -OCH3 is 1.